The van der Waals surface area contributed by atoms with Crippen molar-refractivity contribution in [2.45, 2.75) is 44.9 Å². The molecule has 0 spiro atoms. The lowest BCUT2D eigenvalue weighted by Gasteiger charge is -2.36. The van der Waals surface area contributed by atoms with E-state index in [2.05, 4.69) is 0 Å². The van der Waals surface area contributed by atoms with Crippen LogP contribution in [0, 0.1) is 0 Å². The summed E-state index contributed by atoms with van der Waals surface area (Å²) >= 11 is 0. The second kappa shape index (κ2) is 4.74. The lowest BCUT2D eigenvalue weighted by atomic mass is 9.90. The number of carbonyl (C=O) groups is 1. The molecule has 1 aliphatic rings. The third-order valence-electron chi connectivity index (χ3n) is 3.20. The molecule has 1 heterocycles. The van der Waals surface area contributed by atoms with Crippen molar-refractivity contribution < 1.29 is 14.3 Å². The van der Waals surface area contributed by atoms with Crippen LogP contribution in [-0.4, -0.2) is 17.6 Å². The van der Waals surface area contributed by atoms with Crippen LogP contribution in [0.4, 0.5) is 0 Å². The Bertz CT molecular complexity index is 499. The van der Waals surface area contributed by atoms with E-state index in [0.717, 1.165) is 12.0 Å². The Kier molecular flexibility index (Phi) is 3.41. The highest BCUT2D eigenvalue weighted by atomic mass is 16.5. The molecule has 1 amide bonds. The summed E-state index contributed by atoms with van der Waals surface area (Å²) in [6.45, 7) is 5.60. The van der Waals surface area contributed by atoms with Gasteiger partial charge in [0.05, 0.1) is 0 Å². The average Bonchev–Trinajstić information content (AvgIpc) is 2.26. The molecule has 0 aliphatic carbocycles. The first-order chi connectivity index (χ1) is 8.78. The van der Waals surface area contributed by atoms with Gasteiger partial charge >= 0.3 is 0 Å². The fourth-order valence-electron chi connectivity index (χ4n) is 2.22. The molecule has 0 aromatic heterocycles. The van der Waals surface area contributed by atoms with Gasteiger partial charge in [-0.2, -0.15) is 0 Å². The number of hydrogen-bond donors (Lipinski definition) is 2. The molecule has 2 atom stereocenters. The van der Waals surface area contributed by atoms with Crippen LogP contribution in [0.5, 0.6) is 11.5 Å². The molecule has 19 heavy (non-hydrogen) atoms. The van der Waals surface area contributed by atoms with Gasteiger partial charge in [-0.1, -0.05) is 6.07 Å². The Hall–Kier alpha value is -1.75. The molecule has 1 aliphatic heterocycles. The molecule has 1 aromatic carbocycles. The molecule has 0 bridgehead atoms. The van der Waals surface area contributed by atoms with Crippen molar-refractivity contribution in [3.63, 3.8) is 0 Å². The number of fused-ring (bicyclic) bond motifs is 1. The number of ether oxygens (including phenoxy) is 2. The van der Waals surface area contributed by atoms with Crippen LogP contribution in [-0.2, 0) is 4.79 Å². The fourth-order valence-corrected chi connectivity index (χ4v) is 2.22. The van der Waals surface area contributed by atoms with E-state index in [1.807, 2.05) is 19.9 Å². The lowest BCUT2D eigenvalue weighted by molar-refractivity contribution is -0.124. The minimum atomic E-state index is -0.677. The quantitative estimate of drug-likeness (QED) is 0.866. The Morgan fingerprint density at radius 2 is 2.21 bits per heavy atom. The summed E-state index contributed by atoms with van der Waals surface area (Å²) in [6, 6.07) is 5.36. The van der Waals surface area contributed by atoms with Crippen molar-refractivity contribution in [3.8, 4) is 11.5 Å². The first-order valence-electron chi connectivity index (χ1n) is 6.33. The molecule has 0 saturated carbocycles. The highest BCUT2D eigenvalue weighted by Crippen LogP contribution is 2.40. The van der Waals surface area contributed by atoms with Crippen molar-refractivity contribution in [3.05, 3.63) is 23.8 Å². The second-order valence-electron chi connectivity index (χ2n) is 5.53. The van der Waals surface area contributed by atoms with Crippen molar-refractivity contribution in [1.82, 2.24) is 0 Å². The number of rotatable bonds is 3. The summed E-state index contributed by atoms with van der Waals surface area (Å²) in [5.74, 6) is 0.753. The third-order valence-corrected chi connectivity index (χ3v) is 3.20. The van der Waals surface area contributed by atoms with Crippen LogP contribution in [0.25, 0.3) is 0 Å². The van der Waals surface area contributed by atoms with E-state index in [-0.39, 0.29) is 11.6 Å². The van der Waals surface area contributed by atoms with Gasteiger partial charge in [0.2, 0.25) is 0 Å². The monoisotopic (exact) mass is 264 g/mol. The summed E-state index contributed by atoms with van der Waals surface area (Å²) in [7, 11) is 0. The standard InChI is InChI=1S/C14H20N2O3/c1-8(13(16)17)18-9-4-5-10-11(15)7-14(2,3)19-12(10)6-9/h4-6,8,11H,7,15H2,1-3H3,(H2,16,17). The van der Waals surface area contributed by atoms with E-state index in [1.54, 1.807) is 19.1 Å². The van der Waals surface area contributed by atoms with Crippen LogP contribution in [0.2, 0.25) is 0 Å². The molecule has 0 saturated heterocycles. The third kappa shape index (κ3) is 2.98. The average molecular weight is 264 g/mol. The maximum absolute atomic E-state index is 11.0. The summed E-state index contributed by atoms with van der Waals surface area (Å²) < 4.78 is 11.3. The molecule has 0 fully saturated rings. The van der Waals surface area contributed by atoms with Crippen molar-refractivity contribution in [2.24, 2.45) is 11.5 Å². The van der Waals surface area contributed by atoms with Gasteiger partial charge in [-0.15, -0.1) is 0 Å². The van der Waals surface area contributed by atoms with Crippen LogP contribution in [0.1, 0.15) is 38.8 Å². The zero-order chi connectivity index (χ0) is 14.2. The van der Waals surface area contributed by atoms with Gasteiger partial charge in [-0.25, -0.2) is 0 Å². The number of carbonyl (C=O) groups excluding carboxylic acids is 1. The summed E-state index contributed by atoms with van der Waals surface area (Å²) in [4.78, 5) is 11.0. The minimum absolute atomic E-state index is 0.0543. The second-order valence-corrected chi connectivity index (χ2v) is 5.53. The topological polar surface area (TPSA) is 87.6 Å². The summed E-state index contributed by atoms with van der Waals surface area (Å²) in [6.07, 6.45) is 0.0843. The Balaban J connectivity index is 2.26. The Labute approximate surface area is 112 Å². The molecule has 5 heteroatoms. The first-order valence-corrected chi connectivity index (χ1v) is 6.33. The van der Waals surface area contributed by atoms with E-state index in [9.17, 15) is 4.79 Å². The van der Waals surface area contributed by atoms with Gasteiger partial charge < -0.3 is 20.9 Å². The number of hydrogen-bond acceptors (Lipinski definition) is 4. The van der Waals surface area contributed by atoms with Gasteiger partial charge in [0.1, 0.15) is 17.1 Å². The van der Waals surface area contributed by atoms with Crippen LogP contribution < -0.4 is 20.9 Å². The number of nitrogens with two attached hydrogens (primary N) is 2. The van der Waals surface area contributed by atoms with Crippen LogP contribution in [0.15, 0.2) is 18.2 Å². The molecule has 4 N–H and O–H groups in total. The van der Waals surface area contributed by atoms with Crippen molar-refractivity contribution in [1.29, 1.82) is 0 Å². The van der Waals surface area contributed by atoms with Gasteiger partial charge in [-0.05, 0) is 26.8 Å². The summed E-state index contributed by atoms with van der Waals surface area (Å²) in [5.41, 5.74) is 11.9. The lowest BCUT2D eigenvalue weighted by Crippen LogP contribution is -2.37. The molecular weight excluding hydrogens is 244 g/mol. The van der Waals surface area contributed by atoms with Crippen molar-refractivity contribution in [2.75, 3.05) is 0 Å². The van der Waals surface area contributed by atoms with E-state index in [0.29, 0.717) is 11.5 Å². The van der Waals surface area contributed by atoms with Crippen molar-refractivity contribution >= 4 is 5.91 Å². The van der Waals surface area contributed by atoms with Gasteiger partial charge in [0.15, 0.2) is 6.10 Å². The molecule has 1 aromatic rings. The molecule has 5 nitrogen and oxygen atoms in total. The number of primary amides is 1. The minimum Gasteiger partial charge on any atom is -0.487 e. The number of amides is 1. The Morgan fingerprint density at radius 1 is 1.53 bits per heavy atom. The molecule has 2 rings (SSSR count). The number of benzene rings is 1. The van der Waals surface area contributed by atoms with Gasteiger partial charge in [-0.3, -0.25) is 4.79 Å². The smallest absolute Gasteiger partial charge is 0.258 e. The highest BCUT2D eigenvalue weighted by Gasteiger charge is 2.32. The fraction of sp³-hybridized carbons (Fsp3) is 0.500. The Morgan fingerprint density at radius 3 is 2.84 bits per heavy atom. The predicted octanol–water partition coefficient (Wildman–Crippen LogP) is 1.50. The first kappa shape index (κ1) is 13.7. The summed E-state index contributed by atoms with van der Waals surface area (Å²) in [5, 5.41) is 0. The zero-order valence-electron chi connectivity index (χ0n) is 11.5. The van der Waals surface area contributed by atoms with E-state index in [1.165, 1.54) is 0 Å². The van der Waals surface area contributed by atoms with Gasteiger partial charge in [0, 0.05) is 24.1 Å². The maximum Gasteiger partial charge on any atom is 0.258 e. The normalized spacial score (nSPS) is 22.0. The molecule has 104 valence electrons. The predicted molar refractivity (Wildman–Crippen MR) is 72.0 cm³/mol. The van der Waals surface area contributed by atoms with Gasteiger partial charge in [0.25, 0.3) is 5.91 Å². The maximum atomic E-state index is 11.0. The highest BCUT2D eigenvalue weighted by molar-refractivity contribution is 5.78. The van der Waals surface area contributed by atoms with Crippen LogP contribution >= 0.6 is 0 Å². The van der Waals surface area contributed by atoms with Crippen LogP contribution in [0.3, 0.4) is 0 Å². The van der Waals surface area contributed by atoms with E-state index < -0.39 is 12.0 Å². The zero-order valence-corrected chi connectivity index (χ0v) is 11.5. The van der Waals surface area contributed by atoms with E-state index in [4.69, 9.17) is 20.9 Å². The molecule has 0 radical (unpaired) electrons. The SMILES string of the molecule is CC(Oc1ccc2c(c1)OC(C)(C)CC2N)C(N)=O. The van der Waals surface area contributed by atoms with E-state index >= 15 is 0 Å². The molecular formula is C14H20N2O3. The molecule has 2 unspecified atom stereocenters. The largest absolute Gasteiger partial charge is 0.487 e.